The molecular weight excluding hydrogens is 277 g/mol. The van der Waals surface area contributed by atoms with Crippen molar-refractivity contribution in [3.8, 4) is 12.0 Å². The van der Waals surface area contributed by atoms with Gasteiger partial charge in [-0.2, -0.15) is 0 Å². The fraction of sp³-hybridized carbons (Fsp3) is 0.300. The number of hydrogen-bond acceptors (Lipinski definition) is 2. The smallest absolute Gasteiger partial charge is 0.292 e. The van der Waals surface area contributed by atoms with Gasteiger partial charge in [-0.05, 0) is 31.5 Å². The van der Waals surface area contributed by atoms with Crippen molar-refractivity contribution < 1.29 is 4.74 Å². The fourth-order valence-electron chi connectivity index (χ4n) is 0.972. The monoisotopic (exact) mass is 287 g/mol. The number of nitriles is 1. The molecule has 1 aromatic rings. The second-order valence-corrected chi connectivity index (χ2v) is 5.89. The molecule has 0 saturated heterocycles. The van der Waals surface area contributed by atoms with Crippen molar-refractivity contribution >= 4 is 22.6 Å². The average Bonchev–Trinajstić information content (AvgIpc) is 2.04. The van der Waals surface area contributed by atoms with Crippen LogP contribution in [0.25, 0.3) is 0 Å². The lowest BCUT2D eigenvalue weighted by atomic mass is 10.0. The molecule has 0 fully saturated rings. The first-order chi connectivity index (χ1) is 6.04. The number of benzene rings is 1. The highest BCUT2D eigenvalue weighted by Crippen LogP contribution is 2.31. The highest BCUT2D eigenvalue weighted by Gasteiger charge is 2.14. The zero-order valence-corrected chi connectivity index (χ0v) is 9.70. The predicted molar refractivity (Wildman–Crippen MR) is 59.7 cm³/mol. The SMILES string of the molecule is CC(C)(I)c1ccc(OC#N)cc1. The molecule has 0 atom stereocenters. The number of nitrogens with zero attached hydrogens (tertiary/aromatic N) is 1. The molecule has 3 heteroatoms. The van der Waals surface area contributed by atoms with Crippen LogP contribution in [0.2, 0.25) is 0 Å². The third kappa shape index (κ3) is 2.88. The summed E-state index contributed by atoms with van der Waals surface area (Å²) < 4.78 is 4.79. The Hall–Kier alpha value is -0.760. The molecule has 1 aromatic carbocycles. The molecule has 0 aromatic heterocycles. The Morgan fingerprint density at radius 2 is 1.85 bits per heavy atom. The molecule has 68 valence electrons. The van der Waals surface area contributed by atoms with E-state index in [0.717, 1.165) is 0 Å². The van der Waals surface area contributed by atoms with Crippen molar-refractivity contribution in [3.63, 3.8) is 0 Å². The van der Waals surface area contributed by atoms with Crippen molar-refractivity contribution in [1.29, 1.82) is 5.26 Å². The molecule has 0 heterocycles. The van der Waals surface area contributed by atoms with Crippen LogP contribution in [-0.4, -0.2) is 0 Å². The van der Waals surface area contributed by atoms with E-state index in [-0.39, 0.29) is 3.42 Å². The third-order valence-electron chi connectivity index (χ3n) is 1.70. The summed E-state index contributed by atoms with van der Waals surface area (Å²) in [5.41, 5.74) is 1.22. The molecule has 0 saturated carbocycles. The summed E-state index contributed by atoms with van der Waals surface area (Å²) in [6.07, 6.45) is 1.64. The van der Waals surface area contributed by atoms with Gasteiger partial charge in [0.1, 0.15) is 5.75 Å². The van der Waals surface area contributed by atoms with E-state index < -0.39 is 0 Å². The molecule has 0 aliphatic heterocycles. The number of rotatable bonds is 2. The van der Waals surface area contributed by atoms with Gasteiger partial charge in [-0.25, -0.2) is 0 Å². The minimum absolute atomic E-state index is 0.114. The maximum Gasteiger partial charge on any atom is 0.292 e. The molecule has 0 amide bonds. The van der Waals surface area contributed by atoms with Gasteiger partial charge in [-0.3, -0.25) is 0 Å². The van der Waals surface area contributed by atoms with Crippen LogP contribution in [0.5, 0.6) is 5.75 Å². The van der Waals surface area contributed by atoms with E-state index in [1.165, 1.54) is 5.56 Å². The van der Waals surface area contributed by atoms with Gasteiger partial charge in [0.05, 0.1) is 0 Å². The fourth-order valence-corrected chi connectivity index (χ4v) is 1.33. The molecule has 1 rings (SSSR count). The lowest BCUT2D eigenvalue weighted by Crippen LogP contribution is -2.05. The van der Waals surface area contributed by atoms with Gasteiger partial charge in [-0.15, -0.1) is 5.26 Å². The topological polar surface area (TPSA) is 33.0 Å². The molecule has 0 spiro atoms. The van der Waals surface area contributed by atoms with E-state index >= 15 is 0 Å². The van der Waals surface area contributed by atoms with Gasteiger partial charge >= 0.3 is 0 Å². The van der Waals surface area contributed by atoms with Crippen LogP contribution in [0.4, 0.5) is 0 Å². The van der Waals surface area contributed by atoms with Gasteiger partial charge < -0.3 is 4.74 Å². The second kappa shape index (κ2) is 3.97. The molecule has 0 aliphatic carbocycles. The molecule has 2 nitrogen and oxygen atoms in total. The Labute approximate surface area is 91.7 Å². The summed E-state index contributed by atoms with van der Waals surface area (Å²) in [5.74, 6) is 0.590. The molecule has 13 heavy (non-hydrogen) atoms. The van der Waals surface area contributed by atoms with Gasteiger partial charge in [-0.1, -0.05) is 34.7 Å². The van der Waals surface area contributed by atoms with E-state index in [1.54, 1.807) is 18.4 Å². The largest absolute Gasteiger partial charge is 0.388 e. The summed E-state index contributed by atoms with van der Waals surface area (Å²) in [6, 6.07) is 7.55. The number of ether oxygens (including phenoxy) is 1. The van der Waals surface area contributed by atoms with Gasteiger partial charge in [0.15, 0.2) is 0 Å². The second-order valence-electron chi connectivity index (χ2n) is 3.19. The van der Waals surface area contributed by atoms with Crippen LogP contribution >= 0.6 is 22.6 Å². The predicted octanol–water partition coefficient (Wildman–Crippen LogP) is 3.22. The zero-order chi connectivity index (χ0) is 9.90. The summed E-state index contributed by atoms with van der Waals surface area (Å²) >= 11 is 2.37. The molecule has 0 unspecified atom stereocenters. The molecule has 0 N–H and O–H groups in total. The first kappa shape index (κ1) is 10.3. The van der Waals surface area contributed by atoms with Gasteiger partial charge in [0.2, 0.25) is 0 Å². The number of hydrogen-bond donors (Lipinski definition) is 0. The summed E-state index contributed by atoms with van der Waals surface area (Å²) in [4.78, 5) is 0. The van der Waals surface area contributed by atoms with Gasteiger partial charge in [0, 0.05) is 3.42 Å². The average molecular weight is 287 g/mol. The first-order valence-corrected chi connectivity index (χ1v) is 4.97. The normalized spacial score (nSPS) is 10.6. The van der Waals surface area contributed by atoms with Crippen molar-refractivity contribution in [1.82, 2.24) is 0 Å². The van der Waals surface area contributed by atoms with Gasteiger partial charge in [0.25, 0.3) is 6.26 Å². The standard InChI is InChI=1S/C10H10INO/c1-10(2,11)8-3-5-9(6-4-8)13-7-12/h3-6H,1-2H3. The highest BCUT2D eigenvalue weighted by molar-refractivity contribution is 14.1. The van der Waals surface area contributed by atoms with Crippen LogP contribution in [0.15, 0.2) is 24.3 Å². The van der Waals surface area contributed by atoms with Crippen LogP contribution in [0.1, 0.15) is 19.4 Å². The van der Waals surface area contributed by atoms with E-state index in [1.807, 2.05) is 12.1 Å². The molecule has 0 radical (unpaired) electrons. The third-order valence-corrected chi connectivity index (χ3v) is 2.33. The Balaban J connectivity index is 2.89. The van der Waals surface area contributed by atoms with Crippen LogP contribution in [0, 0.1) is 11.5 Å². The Kier molecular flexibility index (Phi) is 3.15. The minimum Gasteiger partial charge on any atom is -0.388 e. The maximum absolute atomic E-state index is 8.28. The van der Waals surface area contributed by atoms with Crippen molar-refractivity contribution in [2.24, 2.45) is 0 Å². The molecule has 0 aliphatic rings. The van der Waals surface area contributed by atoms with Crippen LogP contribution < -0.4 is 4.74 Å². The number of halogens is 1. The quantitative estimate of drug-likeness (QED) is 0.475. The van der Waals surface area contributed by atoms with E-state index in [4.69, 9.17) is 5.26 Å². The van der Waals surface area contributed by atoms with E-state index in [0.29, 0.717) is 5.75 Å². The summed E-state index contributed by atoms with van der Waals surface area (Å²) in [7, 11) is 0. The highest BCUT2D eigenvalue weighted by atomic mass is 127. The van der Waals surface area contributed by atoms with Crippen molar-refractivity contribution in [2.75, 3.05) is 0 Å². The van der Waals surface area contributed by atoms with Crippen LogP contribution in [-0.2, 0) is 3.42 Å². The summed E-state index contributed by atoms with van der Waals surface area (Å²) in [6.45, 7) is 4.27. The Bertz CT molecular complexity index is 318. The van der Waals surface area contributed by atoms with Crippen molar-refractivity contribution in [3.05, 3.63) is 29.8 Å². The lowest BCUT2D eigenvalue weighted by Gasteiger charge is -2.16. The first-order valence-electron chi connectivity index (χ1n) is 3.89. The Morgan fingerprint density at radius 1 is 1.31 bits per heavy atom. The maximum atomic E-state index is 8.28. The summed E-state index contributed by atoms with van der Waals surface area (Å²) in [5, 5.41) is 8.28. The molecule has 0 bridgehead atoms. The Morgan fingerprint density at radius 3 is 2.23 bits per heavy atom. The molecular formula is C10H10INO. The van der Waals surface area contributed by atoms with Crippen molar-refractivity contribution in [2.45, 2.75) is 17.3 Å². The van der Waals surface area contributed by atoms with E-state index in [2.05, 4.69) is 41.2 Å². The minimum atomic E-state index is 0.114. The van der Waals surface area contributed by atoms with Crippen LogP contribution in [0.3, 0.4) is 0 Å². The number of alkyl halides is 1. The zero-order valence-electron chi connectivity index (χ0n) is 7.54. The lowest BCUT2D eigenvalue weighted by molar-refractivity contribution is 0.507. The van der Waals surface area contributed by atoms with E-state index in [9.17, 15) is 0 Å².